The highest BCUT2D eigenvalue weighted by atomic mass is 16.3. The number of carbonyl (C=O) groups excluding carboxylic acids is 1. The average molecular weight is 286 g/mol. The molecule has 0 saturated carbocycles. The first-order chi connectivity index (χ1) is 9.97. The van der Waals surface area contributed by atoms with Gasteiger partial charge in [-0.25, -0.2) is 0 Å². The lowest BCUT2D eigenvalue weighted by Crippen LogP contribution is -2.54. The summed E-state index contributed by atoms with van der Waals surface area (Å²) in [6.07, 6.45) is 6.08. The third kappa shape index (κ3) is 3.03. The maximum absolute atomic E-state index is 12.4. The number of amides is 1. The largest absolute Gasteiger partial charge is 0.394 e. The zero-order valence-electron chi connectivity index (χ0n) is 12.8. The quantitative estimate of drug-likeness (QED) is 0.802. The van der Waals surface area contributed by atoms with Gasteiger partial charge in [0.1, 0.15) is 6.04 Å². The molecule has 0 unspecified atom stereocenters. The SMILES string of the molecule is C#Cc1ccc2c(c1)N(C)[C@@H](C(C)C)C(=O)N[C@H](CO)C2. The molecule has 0 radical (unpaired) electrons. The molecule has 1 aromatic rings. The van der Waals surface area contributed by atoms with Crippen molar-refractivity contribution in [2.24, 2.45) is 5.92 Å². The Labute approximate surface area is 126 Å². The van der Waals surface area contributed by atoms with Crippen LogP contribution in [0.5, 0.6) is 0 Å². The molecule has 2 rings (SSSR count). The van der Waals surface area contributed by atoms with Crippen molar-refractivity contribution < 1.29 is 9.90 Å². The molecule has 0 aromatic heterocycles. The number of carbonyl (C=O) groups is 1. The molecular formula is C17H22N2O2. The van der Waals surface area contributed by atoms with E-state index in [0.29, 0.717) is 6.42 Å². The Balaban J connectivity index is 2.54. The van der Waals surface area contributed by atoms with Gasteiger partial charge in [-0.3, -0.25) is 4.79 Å². The van der Waals surface area contributed by atoms with E-state index in [1.807, 2.05) is 44.0 Å². The van der Waals surface area contributed by atoms with Gasteiger partial charge in [-0.2, -0.15) is 0 Å². The van der Waals surface area contributed by atoms with Crippen LogP contribution in [0.3, 0.4) is 0 Å². The lowest BCUT2D eigenvalue weighted by atomic mass is 9.94. The number of rotatable bonds is 2. The Hall–Kier alpha value is -1.99. The van der Waals surface area contributed by atoms with Crippen LogP contribution in [0.15, 0.2) is 18.2 Å². The summed E-state index contributed by atoms with van der Waals surface area (Å²) >= 11 is 0. The second-order valence-electron chi connectivity index (χ2n) is 5.88. The number of likely N-dealkylation sites (N-methyl/N-ethyl adjacent to an activating group) is 1. The molecule has 0 spiro atoms. The summed E-state index contributed by atoms with van der Waals surface area (Å²) < 4.78 is 0. The minimum atomic E-state index is -0.286. The first-order valence-corrected chi connectivity index (χ1v) is 7.21. The van der Waals surface area contributed by atoms with Crippen molar-refractivity contribution in [2.75, 3.05) is 18.6 Å². The van der Waals surface area contributed by atoms with Crippen LogP contribution in [0, 0.1) is 18.3 Å². The number of hydrogen-bond acceptors (Lipinski definition) is 3. The fourth-order valence-corrected chi connectivity index (χ4v) is 2.94. The molecule has 0 aliphatic carbocycles. The highest BCUT2D eigenvalue weighted by Crippen LogP contribution is 2.28. The summed E-state index contributed by atoms with van der Waals surface area (Å²) in [5.41, 5.74) is 2.85. The van der Waals surface area contributed by atoms with Gasteiger partial charge in [0.05, 0.1) is 12.6 Å². The molecule has 112 valence electrons. The smallest absolute Gasteiger partial charge is 0.243 e. The minimum Gasteiger partial charge on any atom is -0.394 e. The molecule has 21 heavy (non-hydrogen) atoms. The second kappa shape index (κ2) is 6.19. The molecule has 0 bridgehead atoms. The molecule has 4 heteroatoms. The average Bonchev–Trinajstić information content (AvgIpc) is 2.45. The molecule has 0 fully saturated rings. The van der Waals surface area contributed by atoms with Gasteiger partial charge in [-0.15, -0.1) is 6.42 Å². The number of anilines is 1. The van der Waals surface area contributed by atoms with E-state index < -0.39 is 0 Å². The van der Waals surface area contributed by atoms with Gasteiger partial charge < -0.3 is 15.3 Å². The standard InChI is InChI=1S/C17H22N2O2/c1-5-12-6-7-13-9-14(10-20)18-17(21)16(11(2)3)19(4)15(13)8-12/h1,6-8,11,14,16,20H,9-10H2,2-4H3,(H,18,21)/t14-,16-/m0/s1. The summed E-state index contributed by atoms with van der Waals surface area (Å²) in [7, 11) is 1.92. The molecule has 4 nitrogen and oxygen atoms in total. The monoisotopic (exact) mass is 286 g/mol. The van der Waals surface area contributed by atoms with E-state index in [0.717, 1.165) is 16.8 Å². The van der Waals surface area contributed by atoms with Gasteiger partial charge in [0.15, 0.2) is 0 Å². The molecule has 1 heterocycles. The summed E-state index contributed by atoms with van der Waals surface area (Å²) in [5, 5.41) is 12.4. The Kier molecular flexibility index (Phi) is 4.54. The second-order valence-corrected chi connectivity index (χ2v) is 5.88. The van der Waals surface area contributed by atoms with Crippen LogP contribution in [0.25, 0.3) is 0 Å². The van der Waals surface area contributed by atoms with Crippen molar-refractivity contribution in [1.29, 1.82) is 0 Å². The van der Waals surface area contributed by atoms with Gasteiger partial charge in [-0.05, 0) is 30.0 Å². The number of hydrogen-bond donors (Lipinski definition) is 2. The predicted molar refractivity (Wildman–Crippen MR) is 84.1 cm³/mol. The van der Waals surface area contributed by atoms with Crippen LogP contribution in [-0.4, -0.2) is 36.8 Å². The zero-order valence-corrected chi connectivity index (χ0v) is 12.8. The minimum absolute atomic E-state index is 0.0525. The fourth-order valence-electron chi connectivity index (χ4n) is 2.94. The number of aliphatic hydroxyl groups excluding tert-OH is 1. The molecule has 1 aromatic carbocycles. The Morgan fingerprint density at radius 1 is 1.52 bits per heavy atom. The van der Waals surface area contributed by atoms with E-state index in [-0.39, 0.29) is 30.5 Å². The Bertz CT molecular complexity index is 575. The van der Waals surface area contributed by atoms with Crippen molar-refractivity contribution in [3.8, 4) is 12.3 Å². The van der Waals surface area contributed by atoms with Crippen LogP contribution in [0.1, 0.15) is 25.0 Å². The Morgan fingerprint density at radius 2 is 2.24 bits per heavy atom. The first kappa shape index (κ1) is 15.4. The van der Waals surface area contributed by atoms with Crippen LogP contribution in [-0.2, 0) is 11.2 Å². The van der Waals surface area contributed by atoms with Crippen LogP contribution in [0.4, 0.5) is 5.69 Å². The van der Waals surface area contributed by atoms with Gasteiger partial charge in [-0.1, -0.05) is 25.8 Å². The fraction of sp³-hybridized carbons (Fsp3) is 0.471. The van der Waals surface area contributed by atoms with Crippen molar-refractivity contribution in [3.05, 3.63) is 29.3 Å². The predicted octanol–water partition coefficient (Wildman–Crippen LogP) is 1.16. The third-order valence-electron chi connectivity index (χ3n) is 3.98. The van der Waals surface area contributed by atoms with Crippen LogP contribution >= 0.6 is 0 Å². The Morgan fingerprint density at radius 3 is 2.81 bits per heavy atom. The summed E-state index contributed by atoms with van der Waals surface area (Å²) in [4.78, 5) is 14.4. The van der Waals surface area contributed by atoms with Crippen molar-refractivity contribution >= 4 is 11.6 Å². The van der Waals surface area contributed by atoms with Crippen LogP contribution < -0.4 is 10.2 Å². The molecule has 1 amide bonds. The van der Waals surface area contributed by atoms with E-state index in [9.17, 15) is 9.90 Å². The van der Waals surface area contributed by atoms with Gasteiger partial charge >= 0.3 is 0 Å². The van der Waals surface area contributed by atoms with E-state index in [2.05, 4.69) is 11.2 Å². The molecule has 1 aliphatic rings. The normalized spacial score (nSPS) is 22.1. The van der Waals surface area contributed by atoms with Gasteiger partial charge in [0.2, 0.25) is 5.91 Å². The number of aliphatic hydroxyl groups is 1. The number of nitrogens with zero attached hydrogens (tertiary/aromatic N) is 1. The summed E-state index contributed by atoms with van der Waals surface area (Å²) in [6, 6.07) is 5.28. The topological polar surface area (TPSA) is 52.6 Å². The number of nitrogens with one attached hydrogen (secondary N) is 1. The lowest BCUT2D eigenvalue weighted by Gasteiger charge is -2.37. The van der Waals surface area contributed by atoms with E-state index in [4.69, 9.17) is 6.42 Å². The van der Waals surface area contributed by atoms with Crippen LogP contribution in [0.2, 0.25) is 0 Å². The number of terminal acetylenes is 1. The maximum atomic E-state index is 12.4. The molecule has 2 N–H and O–H groups in total. The summed E-state index contributed by atoms with van der Waals surface area (Å²) in [5.74, 6) is 2.73. The zero-order chi connectivity index (χ0) is 15.6. The van der Waals surface area contributed by atoms with Gasteiger partial charge in [0, 0.05) is 18.3 Å². The van der Waals surface area contributed by atoms with E-state index in [1.165, 1.54) is 0 Å². The first-order valence-electron chi connectivity index (χ1n) is 7.21. The summed E-state index contributed by atoms with van der Waals surface area (Å²) in [6.45, 7) is 3.96. The van der Waals surface area contributed by atoms with Crippen molar-refractivity contribution in [2.45, 2.75) is 32.4 Å². The maximum Gasteiger partial charge on any atom is 0.243 e. The molecular weight excluding hydrogens is 264 g/mol. The third-order valence-corrected chi connectivity index (χ3v) is 3.98. The van der Waals surface area contributed by atoms with E-state index >= 15 is 0 Å². The number of benzene rings is 1. The number of fused-ring (bicyclic) bond motifs is 1. The molecule has 0 saturated heterocycles. The van der Waals surface area contributed by atoms with E-state index in [1.54, 1.807) is 0 Å². The lowest BCUT2D eigenvalue weighted by molar-refractivity contribution is -0.124. The molecule has 1 aliphatic heterocycles. The van der Waals surface area contributed by atoms with Gasteiger partial charge in [0.25, 0.3) is 0 Å². The highest BCUT2D eigenvalue weighted by molar-refractivity contribution is 5.86. The van der Waals surface area contributed by atoms with Crippen molar-refractivity contribution in [1.82, 2.24) is 5.32 Å². The highest BCUT2D eigenvalue weighted by Gasteiger charge is 2.32. The van der Waals surface area contributed by atoms with Crippen molar-refractivity contribution in [3.63, 3.8) is 0 Å². The molecule has 2 atom stereocenters.